The third-order valence-electron chi connectivity index (χ3n) is 3.27. The lowest BCUT2D eigenvalue weighted by atomic mass is 10.2. The van der Waals surface area contributed by atoms with Crippen molar-refractivity contribution in [3.63, 3.8) is 0 Å². The number of phenolic OH excluding ortho intramolecular Hbond substituents is 1. The summed E-state index contributed by atoms with van der Waals surface area (Å²) in [4.78, 5) is 25.9. The lowest BCUT2D eigenvalue weighted by Crippen LogP contribution is -2.29. The Bertz CT molecular complexity index is 660. The molecular formula is C16H18BrNO4S. The van der Waals surface area contributed by atoms with E-state index in [2.05, 4.69) is 15.9 Å². The molecule has 0 spiro atoms. The van der Waals surface area contributed by atoms with Crippen LogP contribution in [0.25, 0.3) is 6.08 Å². The van der Waals surface area contributed by atoms with Crippen molar-refractivity contribution in [2.24, 2.45) is 0 Å². The van der Waals surface area contributed by atoms with E-state index in [4.69, 9.17) is 4.74 Å². The van der Waals surface area contributed by atoms with Gasteiger partial charge in [-0.25, -0.2) is 0 Å². The summed E-state index contributed by atoms with van der Waals surface area (Å²) < 4.78 is 5.97. The van der Waals surface area contributed by atoms with Crippen molar-refractivity contribution in [2.45, 2.75) is 26.7 Å². The molecule has 0 saturated carbocycles. The zero-order chi connectivity index (χ0) is 17.0. The van der Waals surface area contributed by atoms with E-state index in [9.17, 15) is 14.7 Å². The smallest absolute Gasteiger partial charge is 0.293 e. The fraction of sp³-hybridized carbons (Fsp3) is 0.375. The molecule has 23 heavy (non-hydrogen) atoms. The number of hydrogen-bond acceptors (Lipinski definition) is 5. The molecular weight excluding hydrogens is 382 g/mol. The first-order valence-electron chi connectivity index (χ1n) is 7.38. The number of rotatable bonds is 6. The van der Waals surface area contributed by atoms with Gasteiger partial charge in [0.2, 0.25) is 0 Å². The van der Waals surface area contributed by atoms with E-state index in [1.165, 1.54) is 11.0 Å². The molecule has 124 valence electrons. The number of phenols is 1. The second kappa shape index (κ2) is 7.88. The minimum absolute atomic E-state index is 0.0203. The molecule has 0 unspecified atom stereocenters. The third kappa shape index (κ3) is 4.09. The van der Waals surface area contributed by atoms with Gasteiger partial charge < -0.3 is 9.84 Å². The Morgan fingerprint density at radius 3 is 2.74 bits per heavy atom. The molecule has 0 aromatic heterocycles. The zero-order valence-electron chi connectivity index (χ0n) is 13.0. The summed E-state index contributed by atoms with van der Waals surface area (Å²) in [6.07, 6.45) is 3.35. The summed E-state index contributed by atoms with van der Waals surface area (Å²) >= 11 is 4.29. The number of carbonyl (C=O) groups is 2. The number of ether oxygens (including phenoxy) is 1. The number of aromatic hydroxyl groups is 1. The fourth-order valence-electron chi connectivity index (χ4n) is 2.09. The summed E-state index contributed by atoms with van der Waals surface area (Å²) in [5.74, 6) is 0.0884. The van der Waals surface area contributed by atoms with Gasteiger partial charge in [-0.15, -0.1) is 0 Å². The van der Waals surface area contributed by atoms with Crippen LogP contribution in [0.4, 0.5) is 4.79 Å². The molecule has 5 nitrogen and oxygen atoms in total. The molecule has 1 saturated heterocycles. The van der Waals surface area contributed by atoms with Gasteiger partial charge in [0.1, 0.15) is 0 Å². The Labute approximate surface area is 147 Å². The van der Waals surface area contributed by atoms with E-state index < -0.39 is 0 Å². The van der Waals surface area contributed by atoms with Crippen LogP contribution < -0.4 is 4.74 Å². The number of thioether (sulfide) groups is 1. The molecule has 1 aliphatic heterocycles. The van der Waals surface area contributed by atoms with Crippen molar-refractivity contribution in [1.82, 2.24) is 4.90 Å². The van der Waals surface area contributed by atoms with Crippen LogP contribution in [-0.4, -0.2) is 34.3 Å². The Morgan fingerprint density at radius 2 is 2.09 bits per heavy atom. The van der Waals surface area contributed by atoms with Crippen molar-refractivity contribution >= 4 is 44.9 Å². The number of halogens is 1. The maximum atomic E-state index is 12.3. The van der Waals surface area contributed by atoms with Crippen molar-refractivity contribution in [3.05, 3.63) is 27.1 Å². The number of benzene rings is 1. The molecule has 1 aromatic carbocycles. The first-order chi connectivity index (χ1) is 11.0. The number of carbonyl (C=O) groups excluding carboxylic acids is 2. The highest BCUT2D eigenvalue weighted by molar-refractivity contribution is 9.10. The minimum Gasteiger partial charge on any atom is -0.504 e. The molecule has 7 heteroatoms. The molecule has 1 aromatic rings. The molecule has 1 N–H and O–H groups in total. The summed E-state index contributed by atoms with van der Waals surface area (Å²) in [6.45, 7) is 4.69. The molecule has 0 atom stereocenters. The van der Waals surface area contributed by atoms with Crippen molar-refractivity contribution in [2.75, 3.05) is 13.2 Å². The van der Waals surface area contributed by atoms with Crippen LogP contribution in [0.3, 0.4) is 0 Å². The Kier molecular flexibility index (Phi) is 6.12. The molecule has 1 aliphatic rings. The zero-order valence-corrected chi connectivity index (χ0v) is 15.4. The van der Waals surface area contributed by atoms with Gasteiger partial charge in [-0.3, -0.25) is 14.5 Å². The monoisotopic (exact) mass is 399 g/mol. The van der Waals surface area contributed by atoms with Gasteiger partial charge in [0.05, 0.1) is 11.5 Å². The molecule has 1 fully saturated rings. The van der Waals surface area contributed by atoms with Crippen molar-refractivity contribution in [1.29, 1.82) is 0 Å². The predicted molar refractivity (Wildman–Crippen MR) is 94.6 cm³/mol. The summed E-state index contributed by atoms with van der Waals surface area (Å²) in [5, 5.41) is 9.59. The van der Waals surface area contributed by atoms with Crippen LogP contribution in [-0.2, 0) is 4.79 Å². The number of imide groups is 1. The Hall–Kier alpha value is -1.47. The second-order valence-corrected chi connectivity index (χ2v) is 6.81. The maximum Gasteiger partial charge on any atom is 0.293 e. The first kappa shape index (κ1) is 17.9. The molecule has 2 amide bonds. The summed E-state index contributed by atoms with van der Waals surface area (Å²) in [6, 6.07) is 3.15. The van der Waals surface area contributed by atoms with Crippen LogP contribution in [0.1, 0.15) is 32.3 Å². The molecule has 0 radical (unpaired) electrons. The highest BCUT2D eigenvalue weighted by atomic mass is 79.9. The first-order valence-corrected chi connectivity index (χ1v) is 8.99. The Balaban J connectivity index is 2.30. The average Bonchev–Trinajstić information content (AvgIpc) is 2.76. The lowest BCUT2D eigenvalue weighted by molar-refractivity contribution is -0.122. The molecule has 2 rings (SSSR count). The van der Waals surface area contributed by atoms with E-state index in [1.807, 2.05) is 13.8 Å². The summed E-state index contributed by atoms with van der Waals surface area (Å²) in [5.41, 5.74) is 0.673. The van der Waals surface area contributed by atoms with Gasteiger partial charge in [0.25, 0.3) is 11.1 Å². The van der Waals surface area contributed by atoms with Gasteiger partial charge in [0, 0.05) is 11.0 Å². The number of nitrogens with zero attached hydrogens (tertiary/aromatic N) is 1. The fourth-order valence-corrected chi connectivity index (χ4v) is 3.39. The minimum atomic E-state index is -0.272. The van der Waals surface area contributed by atoms with E-state index >= 15 is 0 Å². The largest absolute Gasteiger partial charge is 0.504 e. The van der Waals surface area contributed by atoms with Crippen LogP contribution in [0.2, 0.25) is 0 Å². The van der Waals surface area contributed by atoms with Gasteiger partial charge in [-0.05, 0) is 48.9 Å². The average molecular weight is 400 g/mol. The van der Waals surface area contributed by atoms with Crippen LogP contribution in [0.15, 0.2) is 21.5 Å². The highest BCUT2D eigenvalue weighted by Crippen LogP contribution is 2.37. The number of hydrogen-bond donors (Lipinski definition) is 1. The van der Waals surface area contributed by atoms with E-state index in [0.717, 1.165) is 24.6 Å². The summed E-state index contributed by atoms with van der Waals surface area (Å²) in [7, 11) is 0. The van der Waals surface area contributed by atoms with E-state index in [0.29, 0.717) is 33.8 Å². The normalized spacial score (nSPS) is 16.5. The second-order valence-electron chi connectivity index (χ2n) is 4.96. The SMILES string of the molecule is CCCCN1C(=O)S/C(=C\c2cc(OCC)c(O)cc2Br)C1=O. The van der Waals surface area contributed by atoms with Crippen LogP contribution in [0.5, 0.6) is 11.5 Å². The highest BCUT2D eigenvalue weighted by Gasteiger charge is 2.34. The van der Waals surface area contributed by atoms with Gasteiger partial charge in [0.15, 0.2) is 11.5 Å². The topological polar surface area (TPSA) is 66.8 Å². The molecule has 0 bridgehead atoms. The van der Waals surface area contributed by atoms with Crippen LogP contribution >= 0.6 is 27.7 Å². The third-order valence-corrected chi connectivity index (χ3v) is 4.87. The number of unbranched alkanes of at least 4 members (excludes halogenated alkanes) is 1. The van der Waals surface area contributed by atoms with Crippen LogP contribution in [0, 0.1) is 0 Å². The lowest BCUT2D eigenvalue weighted by Gasteiger charge is -2.11. The molecule has 0 aliphatic carbocycles. The maximum absolute atomic E-state index is 12.3. The standard InChI is InChI=1S/C16H18BrNO4S/c1-3-5-6-18-15(20)14(23-16(18)21)8-10-7-13(22-4-2)12(19)9-11(10)17/h7-9,19H,3-6H2,1-2H3/b14-8-. The van der Waals surface area contributed by atoms with Crippen molar-refractivity contribution < 1.29 is 19.4 Å². The van der Waals surface area contributed by atoms with Gasteiger partial charge in [-0.2, -0.15) is 0 Å². The van der Waals surface area contributed by atoms with Gasteiger partial charge in [-0.1, -0.05) is 29.3 Å². The van der Waals surface area contributed by atoms with Crippen molar-refractivity contribution in [3.8, 4) is 11.5 Å². The van der Waals surface area contributed by atoms with E-state index in [1.54, 1.807) is 12.1 Å². The predicted octanol–water partition coefficient (Wildman–Crippen LogP) is 4.39. The quantitative estimate of drug-likeness (QED) is 0.718. The van der Waals surface area contributed by atoms with E-state index in [-0.39, 0.29) is 16.9 Å². The van der Waals surface area contributed by atoms with Gasteiger partial charge >= 0.3 is 0 Å². The Morgan fingerprint density at radius 1 is 1.35 bits per heavy atom. The molecule has 1 heterocycles. The number of amides is 2.